The molecule has 32 heavy (non-hydrogen) atoms. The second-order valence-electron chi connectivity index (χ2n) is 6.92. The van der Waals surface area contributed by atoms with E-state index in [0.29, 0.717) is 5.56 Å². The molecule has 0 radical (unpaired) electrons. The molecule has 0 aliphatic rings. The van der Waals surface area contributed by atoms with Crippen molar-refractivity contribution >= 4 is 12.0 Å². The predicted octanol–water partition coefficient (Wildman–Crippen LogP) is 3.98. The monoisotopic (exact) mass is 447 g/mol. The Morgan fingerprint density at radius 2 is 1.78 bits per heavy atom. The topological polar surface area (TPSA) is 126 Å². The SMILES string of the molecule is Cc1cc(-c2c(OC(C)COC(N)=O)nc(N)nc2-c2ccccc2)cc(C(F)(F)F)n1. The van der Waals surface area contributed by atoms with Gasteiger partial charge in [0.05, 0.1) is 11.3 Å². The molecular weight excluding hydrogens is 427 g/mol. The molecule has 4 N–H and O–H groups in total. The number of anilines is 1. The van der Waals surface area contributed by atoms with Crippen LogP contribution in [0, 0.1) is 6.92 Å². The van der Waals surface area contributed by atoms with Crippen LogP contribution in [0.4, 0.5) is 23.9 Å². The van der Waals surface area contributed by atoms with Gasteiger partial charge in [0.15, 0.2) is 0 Å². The molecule has 0 saturated heterocycles. The second kappa shape index (κ2) is 9.08. The van der Waals surface area contributed by atoms with Crippen LogP contribution in [0.3, 0.4) is 0 Å². The van der Waals surface area contributed by atoms with Crippen LogP contribution in [0.25, 0.3) is 22.4 Å². The van der Waals surface area contributed by atoms with E-state index in [2.05, 4.69) is 15.0 Å². The fraction of sp³-hybridized carbons (Fsp3) is 0.238. The lowest BCUT2D eigenvalue weighted by molar-refractivity contribution is -0.141. The molecule has 0 bridgehead atoms. The van der Waals surface area contributed by atoms with Crippen molar-refractivity contribution in [1.29, 1.82) is 0 Å². The van der Waals surface area contributed by atoms with Crippen LogP contribution in [0.5, 0.6) is 5.88 Å². The van der Waals surface area contributed by atoms with Gasteiger partial charge in [0.25, 0.3) is 0 Å². The maximum atomic E-state index is 13.4. The first-order chi connectivity index (χ1) is 15.0. The summed E-state index contributed by atoms with van der Waals surface area (Å²) in [7, 11) is 0. The third-order valence-electron chi connectivity index (χ3n) is 4.25. The number of pyridine rings is 1. The van der Waals surface area contributed by atoms with Crippen molar-refractivity contribution in [2.24, 2.45) is 5.73 Å². The minimum absolute atomic E-state index is 0.0735. The highest BCUT2D eigenvalue weighted by molar-refractivity contribution is 5.85. The van der Waals surface area contributed by atoms with Crippen molar-refractivity contribution < 1.29 is 27.4 Å². The molecule has 1 unspecified atom stereocenters. The molecule has 1 atom stereocenters. The smallest absolute Gasteiger partial charge is 0.433 e. The number of aryl methyl sites for hydroxylation is 1. The Morgan fingerprint density at radius 3 is 2.41 bits per heavy atom. The summed E-state index contributed by atoms with van der Waals surface area (Å²) < 4.78 is 50.8. The van der Waals surface area contributed by atoms with Gasteiger partial charge in [-0.25, -0.2) is 14.8 Å². The highest BCUT2D eigenvalue weighted by atomic mass is 19.4. The van der Waals surface area contributed by atoms with Crippen molar-refractivity contribution in [2.45, 2.75) is 26.1 Å². The molecule has 8 nitrogen and oxygen atoms in total. The summed E-state index contributed by atoms with van der Waals surface area (Å²) >= 11 is 0. The van der Waals surface area contributed by atoms with E-state index < -0.39 is 24.1 Å². The normalized spacial score (nSPS) is 12.3. The number of primary amides is 1. The lowest BCUT2D eigenvalue weighted by atomic mass is 9.99. The number of nitrogens with zero attached hydrogens (tertiary/aromatic N) is 3. The Hall–Kier alpha value is -3.89. The van der Waals surface area contributed by atoms with E-state index in [-0.39, 0.29) is 40.9 Å². The number of rotatable bonds is 6. The molecule has 3 aromatic rings. The van der Waals surface area contributed by atoms with Gasteiger partial charge in [-0.2, -0.15) is 18.2 Å². The molecule has 0 aliphatic heterocycles. The van der Waals surface area contributed by atoms with Gasteiger partial charge < -0.3 is 20.9 Å². The van der Waals surface area contributed by atoms with Crippen LogP contribution in [0.1, 0.15) is 18.3 Å². The highest BCUT2D eigenvalue weighted by Gasteiger charge is 2.34. The Balaban J connectivity index is 2.22. The first kappa shape index (κ1) is 22.8. The first-order valence-corrected chi connectivity index (χ1v) is 9.42. The Kier molecular flexibility index (Phi) is 6.47. The number of alkyl halides is 3. The average Bonchev–Trinajstić information content (AvgIpc) is 2.71. The number of benzene rings is 1. The maximum absolute atomic E-state index is 13.4. The van der Waals surface area contributed by atoms with Crippen LogP contribution < -0.4 is 16.2 Å². The van der Waals surface area contributed by atoms with Crippen LogP contribution >= 0.6 is 0 Å². The minimum atomic E-state index is -4.66. The summed E-state index contributed by atoms with van der Waals surface area (Å²) in [6, 6.07) is 11.1. The summed E-state index contributed by atoms with van der Waals surface area (Å²) in [6.45, 7) is 2.82. The number of nitrogens with two attached hydrogens (primary N) is 2. The van der Waals surface area contributed by atoms with E-state index in [9.17, 15) is 18.0 Å². The molecule has 1 aromatic carbocycles. The Morgan fingerprint density at radius 1 is 1.09 bits per heavy atom. The van der Waals surface area contributed by atoms with Crippen molar-refractivity contribution in [2.75, 3.05) is 12.3 Å². The standard InChI is InChI=1S/C21H20F3N5O3/c1-11-8-14(9-15(27-11)21(22,23)24)16-17(13-6-4-3-5-7-13)28-19(25)29-18(16)32-12(2)10-31-20(26)30/h3-9,12H,10H2,1-2H3,(H2,26,30)(H2,25,28,29). The van der Waals surface area contributed by atoms with Crippen LogP contribution in [-0.4, -0.2) is 33.8 Å². The second-order valence-corrected chi connectivity index (χ2v) is 6.92. The Bertz CT molecular complexity index is 1120. The molecule has 2 aromatic heterocycles. The van der Waals surface area contributed by atoms with Gasteiger partial charge in [-0.05, 0) is 31.5 Å². The van der Waals surface area contributed by atoms with Gasteiger partial charge in [0, 0.05) is 11.3 Å². The number of carbonyl (C=O) groups excluding carboxylic acids is 1. The number of halogens is 3. The summed E-state index contributed by atoms with van der Waals surface area (Å²) in [5.41, 5.74) is 11.1. The number of amides is 1. The summed E-state index contributed by atoms with van der Waals surface area (Å²) in [4.78, 5) is 22.8. The fourth-order valence-corrected chi connectivity index (χ4v) is 2.99. The van der Waals surface area contributed by atoms with Crippen molar-refractivity contribution in [1.82, 2.24) is 15.0 Å². The average molecular weight is 447 g/mol. The van der Waals surface area contributed by atoms with E-state index >= 15 is 0 Å². The van der Waals surface area contributed by atoms with E-state index in [1.165, 1.54) is 13.0 Å². The van der Waals surface area contributed by atoms with Crippen LogP contribution in [-0.2, 0) is 10.9 Å². The minimum Gasteiger partial charge on any atom is -0.470 e. The molecule has 11 heteroatoms. The largest absolute Gasteiger partial charge is 0.470 e. The third kappa shape index (κ3) is 5.42. The number of nitrogen functional groups attached to an aromatic ring is 1. The van der Waals surface area contributed by atoms with Crippen molar-refractivity contribution in [3.63, 3.8) is 0 Å². The van der Waals surface area contributed by atoms with Gasteiger partial charge in [0.2, 0.25) is 11.8 Å². The first-order valence-electron chi connectivity index (χ1n) is 9.42. The number of hydrogen-bond donors (Lipinski definition) is 2. The molecule has 2 heterocycles. The molecular formula is C21H20F3N5O3. The van der Waals surface area contributed by atoms with Gasteiger partial charge in [-0.3, -0.25) is 0 Å². The lowest BCUT2D eigenvalue weighted by Crippen LogP contribution is -2.25. The molecule has 0 saturated carbocycles. The lowest BCUT2D eigenvalue weighted by Gasteiger charge is -2.19. The molecule has 1 amide bonds. The van der Waals surface area contributed by atoms with Crippen molar-refractivity contribution in [3.05, 3.63) is 53.9 Å². The number of aromatic nitrogens is 3. The van der Waals surface area contributed by atoms with E-state index in [1.807, 2.05) is 0 Å². The third-order valence-corrected chi connectivity index (χ3v) is 4.25. The number of hydrogen-bond acceptors (Lipinski definition) is 7. The zero-order chi connectivity index (χ0) is 23.5. The van der Waals surface area contributed by atoms with Gasteiger partial charge in [-0.15, -0.1) is 0 Å². The van der Waals surface area contributed by atoms with Gasteiger partial charge in [0.1, 0.15) is 18.4 Å². The van der Waals surface area contributed by atoms with E-state index in [4.69, 9.17) is 20.9 Å². The predicted molar refractivity (Wildman–Crippen MR) is 110 cm³/mol. The number of carbonyl (C=O) groups is 1. The van der Waals surface area contributed by atoms with Crippen LogP contribution in [0.2, 0.25) is 0 Å². The van der Waals surface area contributed by atoms with E-state index in [0.717, 1.165) is 6.07 Å². The Labute approximate surface area is 181 Å². The van der Waals surface area contributed by atoms with E-state index in [1.54, 1.807) is 37.3 Å². The van der Waals surface area contributed by atoms with Crippen molar-refractivity contribution in [3.8, 4) is 28.3 Å². The quantitative estimate of drug-likeness (QED) is 0.585. The highest BCUT2D eigenvalue weighted by Crippen LogP contribution is 2.40. The summed E-state index contributed by atoms with van der Waals surface area (Å²) in [5.74, 6) is -0.219. The molecule has 0 fully saturated rings. The summed E-state index contributed by atoms with van der Waals surface area (Å²) in [5, 5.41) is 0. The molecule has 168 valence electrons. The van der Waals surface area contributed by atoms with Gasteiger partial charge in [-0.1, -0.05) is 30.3 Å². The summed E-state index contributed by atoms with van der Waals surface area (Å²) in [6.07, 6.45) is -6.39. The fourth-order valence-electron chi connectivity index (χ4n) is 2.99. The van der Waals surface area contributed by atoms with Gasteiger partial charge >= 0.3 is 12.3 Å². The molecule has 0 spiro atoms. The zero-order valence-corrected chi connectivity index (χ0v) is 17.2. The zero-order valence-electron chi connectivity index (χ0n) is 17.2. The molecule has 3 rings (SSSR count). The van der Waals surface area contributed by atoms with Crippen LogP contribution in [0.15, 0.2) is 42.5 Å². The maximum Gasteiger partial charge on any atom is 0.433 e. The molecule has 0 aliphatic carbocycles. The number of ether oxygens (including phenoxy) is 2.